The van der Waals surface area contributed by atoms with E-state index in [0.717, 1.165) is 5.56 Å². The van der Waals surface area contributed by atoms with Crippen LogP contribution in [-0.2, 0) is 4.79 Å². The number of anilines is 1. The number of nitrogens with one attached hydrogen (secondary N) is 1. The number of rotatable bonds is 4. The lowest BCUT2D eigenvalue weighted by molar-refractivity contribution is -0.116. The van der Waals surface area contributed by atoms with Crippen LogP contribution in [0.4, 0.5) is 5.69 Å². The van der Waals surface area contributed by atoms with E-state index in [1.165, 1.54) is 0 Å². The van der Waals surface area contributed by atoms with Crippen LogP contribution in [0.25, 0.3) is 0 Å². The molecule has 0 bridgehead atoms. The maximum Gasteiger partial charge on any atom is 0.224 e. The molecule has 0 radical (unpaired) electrons. The van der Waals surface area contributed by atoms with E-state index in [0.29, 0.717) is 22.2 Å². The van der Waals surface area contributed by atoms with Crippen LogP contribution < -0.4 is 5.32 Å². The number of hydrogen-bond acceptors (Lipinski definition) is 1. The lowest BCUT2D eigenvalue weighted by atomic mass is 9.97. The molecule has 2 aromatic rings. The van der Waals surface area contributed by atoms with Gasteiger partial charge in [-0.1, -0.05) is 60.5 Å². The van der Waals surface area contributed by atoms with E-state index in [1.807, 2.05) is 37.3 Å². The number of halogens is 2. The van der Waals surface area contributed by atoms with E-state index >= 15 is 0 Å². The quantitative estimate of drug-likeness (QED) is 0.834. The third-order valence-corrected chi connectivity index (χ3v) is 3.80. The first-order valence-corrected chi connectivity index (χ1v) is 7.11. The smallest absolute Gasteiger partial charge is 0.224 e. The molecule has 2 rings (SSSR count). The molecule has 104 valence electrons. The summed E-state index contributed by atoms with van der Waals surface area (Å²) in [6.45, 7) is 2.03. The van der Waals surface area contributed by atoms with Gasteiger partial charge in [0, 0.05) is 12.1 Å². The monoisotopic (exact) mass is 307 g/mol. The molecule has 0 fully saturated rings. The summed E-state index contributed by atoms with van der Waals surface area (Å²) in [6, 6.07) is 15.0. The third-order valence-electron chi connectivity index (χ3n) is 3.06. The molecular formula is C16H15Cl2NO. The van der Waals surface area contributed by atoms with E-state index in [9.17, 15) is 4.79 Å². The zero-order valence-corrected chi connectivity index (χ0v) is 12.6. The normalized spacial score (nSPS) is 11.9. The molecule has 1 atom stereocenters. The van der Waals surface area contributed by atoms with E-state index in [4.69, 9.17) is 23.2 Å². The Bertz CT molecular complexity index is 599. The van der Waals surface area contributed by atoms with Crippen LogP contribution in [0, 0.1) is 0 Å². The van der Waals surface area contributed by atoms with Crippen LogP contribution >= 0.6 is 23.2 Å². The molecule has 20 heavy (non-hydrogen) atoms. The molecule has 0 aliphatic carbocycles. The summed E-state index contributed by atoms with van der Waals surface area (Å²) >= 11 is 11.8. The highest BCUT2D eigenvalue weighted by atomic mass is 35.5. The van der Waals surface area contributed by atoms with Crippen molar-refractivity contribution in [3.05, 3.63) is 64.1 Å². The second-order valence-electron chi connectivity index (χ2n) is 4.69. The van der Waals surface area contributed by atoms with Crippen molar-refractivity contribution in [1.82, 2.24) is 0 Å². The topological polar surface area (TPSA) is 29.1 Å². The summed E-state index contributed by atoms with van der Waals surface area (Å²) in [5.74, 6) is 0.124. The van der Waals surface area contributed by atoms with Gasteiger partial charge in [0.05, 0.1) is 10.0 Å². The molecule has 2 nitrogen and oxygen atoms in total. The van der Waals surface area contributed by atoms with Gasteiger partial charge in [-0.3, -0.25) is 4.79 Å². The van der Waals surface area contributed by atoms with E-state index < -0.39 is 0 Å². The van der Waals surface area contributed by atoms with Crippen LogP contribution in [0.15, 0.2) is 48.5 Å². The molecule has 0 aliphatic heterocycles. The summed E-state index contributed by atoms with van der Waals surface area (Å²) in [5, 5.41) is 3.73. The fraction of sp³-hybridized carbons (Fsp3) is 0.188. The van der Waals surface area contributed by atoms with E-state index in [1.54, 1.807) is 18.2 Å². The van der Waals surface area contributed by atoms with Crippen molar-refractivity contribution in [3.63, 3.8) is 0 Å². The van der Waals surface area contributed by atoms with Gasteiger partial charge in [-0.05, 0) is 29.7 Å². The molecule has 0 aliphatic rings. The first kappa shape index (κ1) is 14.9. The van der Waals surface area contributed by atoms with E-state index in [-0.39, 0.29) is 11.8 Å². The lowest BCUT2D eigenvalue weighted by Crippen LogP contribution is -2.14. The third kappa shape index (κ3) is 3.99. The van der Waals surface area contributed by atoms with Gasteiger partial charge >= 0.3 is 0 Å². The van der Waals surface area contributed by atoms with Crippen LogP contribution in [-0.4, -0.2) is 5.91 Å². The molecule has 0 heterocycles. The minimum Gasteiger partial charge on any atom is -0.326 e. The second-order valence-corrected chi connectivity index (χ2v) is 5.51. The first-order valence-electron chi connectivity index (χ1n) is 6.36. The highest BCUT2D eigenvalue weighted by Crippen LogP contribution is 2.25. The Labute approximate surface area is 128 Å². The van der Waals surface area contributed by atoms with Gasteiger partial charge in [0.25, 0.3) is 0 Å². The summed E-state index contributed by atoms with van der Waals surface area (Å²) in [5.41, 5.74) is 1.81. The molecule has 0 saturated heterocycles. The Morgan fingerprint density at radius 3 is 2.45 bits per heavy atom. The molecule has 4 heteroatoms. The number of amides is 1. The van der Waals surface area contributed by atoms with E-state index in [2.05, 4.69) is 5.32 Å². The van der Waals surface area contributed by atoms with Crippen molar-refractivity contribution in [2.45, 2.75) is 19.3 Å². The molecule has 0 unspecified atom stereocenters. The molecule has 0 aromatic heterocycles. The molecular weight excluding hydrogens is 293 g/mol. The Kier molecular flexibility index (Phi) is 5.05. The Morgan fingerprint density at radius 2 is 1.80 bits per heavy atom. The minimum atomic E-state index is -0.0419. The predicted octanol–water partition coefficient (Wildman–Crippen LogP) is 5.13. The fourth-order valence-corrected chi connectivity index (χ4v) is 2.26. The molecule has 1 N–H and O–H groups in total. The standard InChI is InChI=1S/C16H15Cl2NO/c1-11(12-5-3-2-4-6-12)9-16(20)19-13-7-8-14(17)15(18)10-13/h2-8,10-11H,9H2,1H3,(H,19,20)/t11-/m0/s1. The van der Waals surface area contributed by atoms with Crippen LogP contribution in [0.3, 0.4) is 0 Å². The van der Waals surface area contributed by atoms with Gasteiger partial charge in [0.2, 0.25) is 5.91 Å². The van der Waals surface area contributed by atoms with Crippen molar-refractivity contribution >= 4 is 34.8 Å². The van der Waals surface area contributed by atoms with Gasteiger partial charge in [0.1, 0.15) is 0 Å². The van der Waals surface area contributed by atoms with Crippen LogP contribution in [0.1, 0.15) is 24.8 Å². The maximum atomic E-state index is 12.0. The number of carbonyl (C=O) groups excluding carboxylic acids is 1. The van der Waals surface area contributed by atoms with Gasteiger partial charge in [-0.25, -0.2) is 0 Å². The lowest BCUT2D eigenvalue weighted by Gasteiger charge is -2.12. The number of hydrogen-bond donors (Lipinski definition) is 1. The van der Waals surface area contributed by atoms with Crippen molar-refractivity contribution in [2.75, 3.05) is 5.32 Å². The number of carbonyl (C=O) groups is 1. The van der Waals surface area contributed by atoms with Gasteiger partial charge < -0.3 is 5.32 Å². The molecule has 0 spiro atoms. The predicted molar refractivity (Wildman–Crippen MR) is 84.6 cm³/mol. The summed E-state index contributed by atoms with van der Waals surface area (Å²) in [4.78, 5) is 12.0. The Hall–Kier alpha value is -1.51. The Balaban J connectivity index is 1.97. The summed E-state index contributed by atoms with van der Waals surface area (Å²) < 4.78 is 0. The van der Waals surface area contributed by atoms with Crippen molar-refractivity contribution in [2.24, 2.45) is 0 Å². The van der Waals surface area contributed by atoms with Crippen molar-refractivity contribution in [3.8, 4) is 0 Å². The number of benzene rings is 2. The summed E-state index contributed by atoms with van der Waals surface area (Å²) in [7, 11) is 0. The highest BCUT2D eigenvalue weighted by Gasteiger charge is 2.11. The summed E-state index contributed by atoms with van der Waals surface area (Å²) in [6.07, 6.45) is 0.421. The highest BCUT2D eigenvalue weighted by molar-refractivity contribution is 6.42. The van der Waals surface area contributed by atoms with Crippen LogP contribution in [0.5, 0.6) is 0 Å². The Morgan fingerprint density at radius 1 is 1.10 bits per heavy atom. The average molecular weight is 308 g/mol. The average Bonchev–Trinajstić information content (AvgIpc) is 2.44. The van der Waals surface area contributed by atoms with Gasteiger partial charge in [-0.15, -0.1) is 0 Å². The molecule has 0 saturated carbocycles. The minimum absolute atomic E-state index is 0.0419. The van der Waals surface area contributed by atoms with Crippen molar-refractivity contribution in [1.29, 1.82) is 0 Å². The van der Waals surface area contributed by atoms with Crippen LogP contribution in [0.2, 0.25) is 10.0 Å². The maximum absolute atomic E-state index is 12.0. The SMILES string of the molecule is C[C@@H](CC(=O)Nc1ccc(Cl)c(Cl)c1)c1ccccc1. The van der Waals surface area contributed by atoms with Crippen molar-refractivity contribution < 1.29 is 4.79 Å². The fourth-order valence-electron chi connectivity index (χ4n) is 1.96. The second kappa shape index (κ2) is 6.78. The first-order chi connectivity index (χ1) is 9.56. The van der Waals surface area contributed by atoms with Gasteiger partial charge in [-0.2, -0.15) is 0 Å². The van der Waals surface area contributed by atoms with Gasteiger partial charge in [0.15, 0.2) is 0 Å². The zero-order chi connectivity index (χ0) is 14.5. The zero-order valence-electron chi connectivity index (χ0n) is 11.1. The molecule has 2 aromatic carbocycles. The molecule has 1 amide bonds. The largest absolute Gasteiger partial charge is 0.326 e.